The van der Waals surface area contributed by atoms with Crippen LogP contribution in [0.3, 0.4) is 0 Å². The summed E-state index contributed by atoms with van der Waals surface area (Å²) < 4.78 is 0. The van der Waals surface area contributed by atoms with Crippen LogP contribution in [-0.2, 0) is 0 Å². The summed E-state index contributed by atoms with van der Waals surface area (Å²) in [7, 11) is 6.18. The van der Waals surface area contributed by atoms with Crippen molar-refractivity contribution in [3.05, 3.63) is 35.9 Å². The van der Waals surface area contributed by atoms with Gasteiger partial charge in [0.2, 0.25) is 0 Å². The number of hydrogen-bond donors (Lipinski definition) is 0. The van der Waals surface area contributed by atoms with E-state index in [0.29, 0.717) is 0 Å². The van der Waals surface area contributed by atoms with Crippen molar-refractivity contribution in [2.75, 3.05) is 0 Å². The minimum atomic E-state index is 0.138. The zero-order valence-corrected chi connectivity index (χ0v) is 8.75. The van der Waals surface area contributed by atoms with E-state index >= 15 is 0 Å². The molecular formula is C12H17B. The van der Waals surface area contributed by atoms with Crippen LogP contribution in [-0.4, -0.2) is 7.85 Å². The first-order valence-electron chi connectivity index (χ1n) is 4.88. The number of rotatable bonds is 3. The van der Waals surface area contributed by atoms with Gasteiger partial charge in [0.15, 0.2) is 0 Å². The van der Waals surface area contributed by atoms with Crippen molar-refractivity contribution in [3.63, 3.8) is 0 Å². The molecule has 0 aliphatic heterocycles. The minimum Gasteiger partial charge on any atom is -0.0649 e. The second kappa shape index (κ2) is 4.00. The Balaban J connectivity index is 2.85. The second-order valence-corrected chi connectivity index (χ2v) is 4.23. The Morgan fingerprint density at radius 1 is 1.23 bits per heavy atom. The Hall–Kier alpha value is -0.715. The van der Waals surface area contributed by atoms with Gasteiger partial charge >= 0.3 is 0 Å². The van der Waals surface area contributed by atoms with Gasteiger partial charge in [-0.25, -0.2) is 0 Å². The highest BCUT2D eigenvalue weighted by molar-refractivity contribution is 6.12. The largest absolute Gasteiger partial charge is 0.0770 e. The summed E-state index contributed by atoms with van der Waals surface area (Å²) in [6, 6.07) is 10.3. The highest BCUT2D eigenvalue weighted by atomic mass is 14.3. The molecule has 1 rings (SSSR count). The molecule has 1 aromatic carbocycles. The fourth-order valence-electron chi connectivity index (χ4n) is 1.33. The number of benzene rings is 1. The quantitative estimate of drug-likeness (QED) is 0.613. The van der Waals surface area contributed by atoms with Crippen LogP contribution in [0.4, 0.5) is 0 Å². The summed E-state index contributed by atoms with van der Waals surface area (Å²) in [4.78, 5) is 0. The molecule has 0 fully saturated rings. The van der Waals surface area contributed by atoms with Gasteiger partial charge in [0, 0.05) is 0 Å². The smallest absolute Gasteiger partial charge is 0.0649 e. The maximum atomic E-state index is 6.18. The topological polar surface area (TPSA) is 0 Å². The lowest BCUT2D eigenvalue weighted by Gasteiger charge is -2.31. The fourth-order valence-corrected chi connectivity index (χ4v) is 1.33. The number of hydrogen-bond acceptors (Lipinski definition) is 0. The van der Waals surface area contributed by atoms with Crippen LogP contribution < -0.4 is 0 Å². The third kappa shape index (κ3) is 2.36. The molecule has 0 aliphatic rings. The van der Waals surface area contributed by atoms with Gasteiger partial charge in [0.25, 0.3) is 0 Å². The van der Waals surface area contributed by atoms with E-state index in [1.54, 1.807) is 0 Å². The Morgan fingerprint density at radius 2 is 1.77 bits per heavy atom. The van der Waals surface area contributed by atoms with Crippen LogP contribution in [0.25, 0.3) is 0 Å². The summed E-state index contributed by atoms with van der Waals surface area (Å²) >= 11 is 0. The van der Waals surface area contributed by atoms with E-state index < -0.39 is 0 Å². The molecule has 0 spiro atoms. The first kappa shape index (κ1) is 10.4. The Labute approximate surface area is 82.8 Å². The average molecular weight is 172 g/mol. The Kier molecular flexibility index (Phi) is 3.19. The van der Waals surface area contributed by atoms with E-state index in [0.717, 1.165) is 6.42 Å². The predicted molar refractivity (Wildman–Crippen MR) is 59.0 cm³/mol. The zero-order valence-electron chi connectivity index (χ0n) is 8.75. The molecular weight excluding hydrogens is 155 g/mol. The van der Waals surface area contributed by atoms with Crippen molar-refractivity contribution in [2.45, 2.75) is 33.0 Å². The third-order valence-electron chi connectivity index (χ3n) is 2.91. The summed E-state index contributed by atoms with van der Waals surface area (Å²) in [6.07, 6.45) is 1.10. The minimum absolute atomic E-state index is 0.138. The van der Waals surface area contributed by atoms with Crippen molar-refractivity contribution in [2.24, 2.45) is 5.41 Å². The van der Waals surface area contributed by atoms with Crippen molar-refractivity contribution in [1.29, 1.82) is 0 Å². The van der Waals surface area contributed by atoms with Crippen molar-refractivity contribution >= 4 is 7.85 Å². The second-order valence-electron chi connectivity index (χ2n) is 4.23. The summed E-state index contributed by atoms with van der Waals surface area (Å²) in [5.41, 5.74) is 1.41. The van der Waals surface area contributed by atoms with Gasteiger partial charge in [-0.05, 0) is 11.2 Å². The first-order valence-corrected chi connectivity index (χ1v) is 4.88. The molecule has 13 heavy (non-hydrogen) atoms. The van der Waals surface area contributed by atoms with Gasteiger partial charge < -0.3 is 0 Å². The highest BCUT2D eigenvalue weighted by Crippen LogP contribution is 2.35. The van der Waals surface area contributed by atoms with Gasteiger partial charge in [-0.3, -0.25) is 0 Å². The van der Waals surface area contributed by atoms with Crippen LogP contribution in [0.2, 0.25) is 0 Å². The van der Waals surface area contributed by atoms with Gasteiger partial charge in [-0.15, -0.1) is 0 Å². The predicted octanol–water partition coefficient (Wildman–Crippen LogP) is 3.33. The highest BCUT2D eigenvalue weighted by Gasteiger charge is 2.23. The maximum absolute atomic E-state index is 6.18. The van der Waals surface area contributed by atoms with Crippen LogP contribution >= 0.6 is 0 Å². The molecule has 1 aromatic rings. The first-order chi connectivity index (χ1) is 6.08. The molecule has 1 atom stereocenters. The van der Waals surface area contributed by atoms with Crippen LogP contribution in [0.5, 0.6) is 0 Å². The van der Waals surface area contributed by atoms with E-state index in [4.69, 9.17) is 7.85 Å². The normalized spacial score (nSPS) is 14.1. The molecule has 0 saturated heterocycles. The molecule has 1 unspecified atom stereocenters. The lowest BCUT2D eigenvalue weighted by atomic mass is 9.63. The van der Waals surface area contributed by atoms with Crippen molar-refractivity contribution < 1.29 is 0 Å². The molecule has 1 heteroatoms. The molecule has 0 bridgehead atoms. The average Bonchev–Trinajstić information content (AvgIpc) is 2.18. The summed E-state index contributed by atoms with van der Waals surface area (Å²) in [6.45, 7) is 6.61. The van der Waals surface area contributed by atoms with Crippen molar-refractivity contribution in [1.82, 2.24) is 0 Å². The van der Waals surface area contributed by atoms with Gasteiger partial charge in [-0.2, -0.15) is 0 Å². The molecule has 0 aliphatic carbocycles. The van der Waals surface area contributed by atoms with Gasteiger partial charge in [-0.1, -0.05) is 63.1 Å². The molecule has 0 amide bonds. The maximum Gasteiger partial charge on any atom is 0.0770 e. The molecule has 0 nitrogen and oxygen atoms in total. The van der Waals surface area contributed by atoms with E-state index in [2.05, 4.69) is 32.9 Å². The van der Waals surface area contributed by atoms with Crippen LogP contribution in [0.1, 0.15) is 38.6 Å². The Bertz CT molecular complexity index is 251. The summed E-state index contributed by atoms with van der Waals surface area (Å²) in [5, 5.41) is 0. The molecule has 68 valence electrons. The zero-order chi connectivity index (χ0) is 9.90. The van der Waals surface area contributed by atoms with Gasteiger partial charge in [0.1, 0.15) is 0 Å². The monoisotopic (exact) mass is 172 g/mol. The van der Waals surface area contributed by atoms with Crippen molar-refractivity contribution in [3.8, 4) is 0 Å². The lowest BCUT2D eigenvalue weighted by molar-refractivity contribution is 0.336. The Morgan fingerprint density at radius 3 is 2.23 bits per heavy atom. The standard InChI is InChI=1S/C12H17B/c1-4-12(2,3)11(13)10-8-6-5-7-9-10/h5-9,11H,4H2,1-3H3. The van der Waals surface area contributed by atoms with E-state index in [-0.39, 0.29) is 11.2 Å². The fraction of sp³-hybridized carbons (Fsp3) is 0.500. The summed E-state index contributed by atoms with van der Waals surface area (Å²) in [5.74, 6) is 0.138. The van der Waals surface area contributed by atoms with Crippen LogP contribution in [0, 0.1) is 5.41 Å². The molecule has 0 aromatic heterocycles. The molecule has 2 radical (unpaired) electrons. The SMILES string of the molecule is [B]C(c1ccccc1)C(C)(C)CC. The molecule has 0 heterocycles. The third-order valence-corrected chi connectivity index (χ3v) is 2.91. The van der Waals surface area contributed by atoms with Crippen LogP contribution in [0.15, 0.2) is 30.3 Å². The van der Waals surface area contributed by atoms with E-state index in [1.165, 1.54) is 5.56 Å². The van der Waals surface area contributed by atoms with E-state index in [1.807, 2.05) is 18.2 Å². The lowest BCUT2D eigenvalue weighted by Crippen LogP contribution is -2.21. The van der Waals surface area contributed by atoms with Gasteiger partial charge in [0.05, 0.1) is 7.85 Å². The molecule has 0 saturated carbocycles. The van der Waals surface area contributed by atoms with E-state index in [9.17, 15) is 0 Å². The molecule has 0 N–H and O–H groups in total.